The summed E-state index contributed by atoms with van der Waals surface area (Å²) >= 11 is 0. The third-order valence-electron chi connectivity index (χ3n) is 3.41. The standard InChI is InChI=1S/C18H15N3O2/c1-12-5-4-6-13(11-12)21-18(23)15-8-3-2-7-14(15)16(22)17-19-9-10-20-17/h2-11H,1H3,(H,19,20)(H,21,23). The van der Waals surface area contributed by atoms with Crippen LogP contribution in [0.4, 0.5) is 5.69 Å². The molecule has 0 unspecified atom stereocenters. The third kappa shape index (κ3) is 3.18. The number of nitrogens with one attached hydrogen (secondary N) is 2. The van der Waals surface area contributed by atoms with E-state index in [-0.39, 0.29) is 17.5 Å². The van der Waals surface area contributed by atoms with Gasteiger partial charge in [0.1, 0.15) is 0 Å². The number of imidazole rings is 1. The van der Waals surface area contributed by atoms with Crippen LogP contribution in [0, 0.1) is 6.92 Å². The van der Waals surface area contributed by atoms with Gasteiger partial charge in [-0.1, -0.05) is 30.3 Å². The number of hydrogen-bond donors (Lipinski definition) is 2. The maximum Gasteiger partial charge on any atom is 0.256 e. The number of aromatic amines is 1. The van der Waals surface area contributed by atoms with E-state index in [1.807, 2.05) is 31.2 Å². The number of carbonyl (C=O) groups is 2. The Kier molecular flexibility index (Phi) is 4.01. The van der Waals surface area contributed by atoms with Crippen LogP contribution in [0.2, 0.25) is 0 Å². The second-order valence-corrected chi connectivity index (χ2v) is 5.14. The van der Waals surface area contributed by atoms with E-state index < -0.39 is 0 Å². The molecule has 1 aromatic heterocycles. The van der Waals surface area contributed by atoms with Crippen molar-refractivity contribution in [3.8, 4) is 0 Å². The number of aromatic nitrogens is 2. The molecule has 0 aliphatic rings. The fraction of sp³-hybridized carbons (Fsp3) is 0.0556. The van der Waals surface area contributed by atoms with Gasteiger partial charge in [0.05, 0.1) is 5.56 Å². The number of H-pyrrole nitrogens is 1. The molecule has 114 valence electrons. The van der Waals surface area contributed by atoms with Crippen LogP contribution in [0.1, 0.15) is 32.1 Å². The zero-order valence-corrected chi connectivity index (χ0v) is 12.5. The smallest absolute Gasteiger partial charge is 0.256 e. The molecule has 0 aliphatic heterocycles. The second-order valence-electron chi connectivity index (χ2n) is 5.14. The first-order valence-electron chi connectivity index (χ1n) is 7.16. The zero-order valence-electron chi connectivity index (χ0n) is 12.5. The summed E-state index contributed by atoms with van der Waals surface area (Å²) in [5.41, 5.74) is 2.36. The fourth-order valence-electron chi connectivity index (χ4n) is 2.32. The van der Waals surface area contributed by atoms with Gasteiger partial charge < -0.3 is 10.3 Å². The summed E-state index contributed by atoms with van der Waals surface area (Å²) < 4.78 is 0. The van der Waals surface area contributed by atoms with E-state index in [9.17, 15) is 9.59 Å². The van der Waals surface area contributed by atoms with Crippen molar-refractivity contribution in [3.63, 3.8) is 0 Å². The summed E-state index contributed by atoms with van der Waals surface area (Å²) in [6.07, 6.45) is 3.07. The number of rotatable bonds is 4. The Morgan fingerprint density at radius 3 is 2.52 bits per heavy atom. The summed E-state index contributed by atoms with van der Waals surface area (Å²) in [6.45, 7) is 1.95. The first-order chi connectivity index (χ1) is 11.1. The number of aryl methyl sites for hydroxylation is 1. The largest absolute Gasteiger partial charge is 0.342 e. The highest BCUT2D eigenvalue weighted by molar-refractivity contribution is 6.16. The second kappa shape index (κ2) is 6.27. The molecule has 1 amide bonds. The molecule has 2 aromatic carbocycles. The van der Waals surface area contributed by atoms with Gasteiger partial charge in [0.25, 0.3) is 5.91 Å². The summed E-state index contributed by atoms with van der Waals surface area (Å²) in [4.78, 5) is 31.7. The first kappa shape index (κ1) is 14.7. The number of ketones is 1. The fourth-order valence-corrected chi connectivity index (χ4v) is 2.32. The molecule has 3 aromatic rings. The number of nitrogens with zero attached hydrogens (tertiary/aromatic N) is 1. The maximum atomic E-state index is 12.5. The Balaban J connectivity index is 1.91. The van der Waals surface area contributed by atoms with Gasteiger partial charge in [-0.05, 0) is 30.7 Å². The molecule has 0 aliphatic carbocycles. The van der Waals surface area contributed by atoms with E-state index in [2.05, 4.69) is 15.3 Å². The van der Waals surface area contributed by atoms with Crippen LogP contribution in [-0.4, -0.2) is 21.7 Å². The molecule has 1 heterocycles. The summed E-state index contributed by atoms with van der Waals surface area (Å²) in [6, 6.07) is 14.2. The maximum absolute atomic E-state index is 12.5. The van der Waals surface area contributed by atoms with E-state index in [1.165, 1.54) is 6.20 Å². The lowest BCUT2D eigenvalue weighted by molar-refractivity contribution is 0.0992. The van der Waals surface area contributed by atoms with E-state index in [0.717, 1.165) is 5.56 Å². The molecule has 0 atom stereocenters. The van der Waals surface area contributed by atoms with Gasteiger partial charge in [-0.3, -0.25) is 9.59 Å². The Labute approximate surface area is 133 Å². The van der Waals surface area contributed by atoms with Gasteiger partial charge in [-0.2, -0.15) is 0 Å². The van der Waals surface area contributed by atoms with Gasteiger partial charge in [0.15, 0.2) is 5.82 Å². The van der Waals surface area contributed by atoms with Crippen LogP contribution in [-0.2, 0) is 0 Å². The lowest BCUT2D eigenvalue weighted by Gasteiger charge is -2.09. The number of amides is 1. The predicted octanol–water partition coefficient (Wildman–Crippen LogP) is 3.20. The summed E-state index contributed by atoms with van der Waals surface area (Å²) in [7, 11) is 0. The molecule has 0 fully saturated rings. The van der Waals surface area contributed by atoms with Crippen LogP contribution in [0.15, 0.2) is 60.9 Å². The average molecular weight is 305 g/mol. The quantitative estimate of drug-likeness (QED) is 0.727. The highest BCUT2D eigenvalue weighted by Crippen LogP contribution is 2.16. The van der Waals surface area contributed by atoms with Gasteiger partial charge in [0.2, 0.25) is 5.78 Å². The lowest BCUT2D eigenvalue weighted by Crippen LogP contribution is -2.17. The van der Waals surface area contributed by atoms with Crippen molar-refractivity contribution in [1.82, 2.24) is 9.97 Å². The van der Waals surface area contributed by atoms with Crippen molar-refractivity contribution >= 4 is 17.4 Å². The van der Waals surface area contributed by atoms with Crippen LogP contribution < -0.4 is 5.32 Å². The molecule has 0 bridgehead atoms. The van der Waals surface area contributed by atoms with Crippen molar-refractivity contribution in [2.45, 2.75) is 6.92 Å². The van der Waals surface area contributed by atoms with Gasteiger partial charge in [-0.15, -0.1) is 0 Å². The van der Waals surface area contributed by atoms with Crippen LogP contribution in [0.5, 0.6) is 0 Å². The topological polar surface area (TPSA) is 74.8 Å². The lowest BCUT2D eigenvalue weighted by atomic mass is 10.0. The molecular weight excluding hydrogens is 290 g/mol. The Morgan fingerprint density at radius 1 is 1.04 bits per heavy atom. The van der Waals surface area contributed by atoms with Crippen molar-refractivity contribution in [2.24, 2.45) is 0 Å². The minimum atomic E-state index is -0.328. The van der Waals surface area contributed by atoms with Crippen molar-refractivity contribution in [1.29, 1.82) is 0 Å². The molecule has 5 heteroatoms. The minimum absolute atomic E-state index is 0.209. The van der Waals surface area contributed by atoms with Gasteiger partial charge in [0, 0.05) is 23.6 Å². The molecule has 23 heavy (non-hydrogen) atoms. The molecule has 0 radical (unpaired) electrons. The van der Waals surface area contributed by atoms with Gasteiger partial charge in [-0.25, -0.2) is 4.98 Å². The number of anilines is 1. The van der Waals surface area contributed by atoms with E-state index in [1.54, 1.807) is 30.5 Å². The van der Waals surface area contributed by atoms with Crippen LogP contribution >= 0.6 is 0 Å². The molecule has 2 N–H and O–H groups in total. The minimum Gasteiger partial charge on any atom is -0.342 e. The molecule has 0 spiro atoms. The predicted molar refractivity (Wildman–Crippen MR) is 87.6 cm³/mol. The van der Waals surface area contributed by atoms with E-state index in [0.29, 0.717) is 16.8 Å². The Hall–Kier alpha value is -3.21. The summed E-state index contributed by atoms with van der Waals surface area (Å²) in [5.74, 6) is -0.433. The van der Waals surface area contributed by atoms with Gasteiger partial charge >= 0.3 is 0 Å². The number of carbonyl (C=O) groups excluding carboxylic acids is 2. The molecule has 5 nitrogen and oxygen atoms in total. The van der Waals surface area contributed by atoms with E-state index >= 15 is 0 Å². The molecule has 0 saturated heterocycles. The number of benzene rings is 2. The van der Waals surface area contributed by atoms with Crippen molar-refractivity contribution < 1.29 is 9.59 Å². The zero-order chi connectivity index (χ0) is 16.2. The molecule has 0 saturated carbocycles. The SMILES string of the molecule is Cc1cccc(NC(=O)c2ccccc2C(=O)c2ncc[nH]2)c1. The van der Waals surface area contributed by atoms with Crippen molar-refractivity contribution in [2.75, 3.05) is 5.32 Å². The third-order valence-corrected chi connectivity index (χ3v) is 3.41. The Bertz CT molecular complexity index is 854. The summed E-state index contributed by atoms with van der Waals surface area (Å²) in [5, 5.41) is 2.82. The number of hydrogen-bond acceptors (Lipinski definition) is 3. The monoisotopic (exact) mass is 305 g/mol. The van der Waals surface area contributed by atoms with Crippen LogP contribution in [0.25, 0.3) is 0 Å². The average Bonchev–Trinajstić information content (AvgIpc) is 3.08. The Morgan fingerprint density at radius 2 is 1.83 bits per heavy atom. The highest BCUT2D eigenvalue weighted by atomic mass is 16.2. The first-order valence-corrected chi connectivity index (χ1v) is 7.16. The normalized spacial score (nSPS) is 10.3. The molecular formula is C18H15N3O2. The molecule has 3 rings (SSSR count). The van der Waals surface area contributed by atoms with Crippen LogP contribution in [0.3, 0.4) is 0 Å². The highest BCUT2D eigenvalue weighted by Gasteiger charge is 2.19. The van der Waals surface area contributed by atoms with E-state index in [4.69, 9.17) is 0 Å². The van der Waals surface area contributed by atoms with Crippen molar-refractivity contribution in [3.05, 3.63) is 83.4 Å².